The molecule has 5 heteroatoms. The van der Waals surface area contributed by atoms with E-state index in [0.29, 0.717) is 17.3 Å². The van der Waals surface area contributed by atoms with Crippen LogP contribution in [0.4, 0.5) is 5.69 Å². The Hall–Kier alpha value is -1.88. The van der Waals surface area contributed by atoms with Crippen LogP contribution in [0.3, 0.4) is 0 Å². The summed E-state index contributed by atoms with van der Waals surface area (Å²) in [6, 6.07) is 7.10. The molecule has 2 rings (SSSR count). The van der Waals surface area contributed by atoms with Gasteiger partial charge in [0.1, 0.15) is 0 Å². The summed E-state index contributed by atoms with van der Waals surface area (Å²) in [5.74, 6) is -0.286. The predicted octanol–water partition coefficient (Wildman–Crippen LogP) is 1.80. The quantitative estimate of drug-likeness (QED) is 0.826. The largest absolute Gasteiger partial charge is 0.465 e. The van der Waals surface area contributed by atoms with Gasteiger partial charge >= 0.3 is 5.97 Å². The lowest BCUT2D eigenvalue weighted by atomic mass is 9.92. The van der Waals surface area contributed by atoms with Gasteiger partial charge in [0.25, 0.3) is 0 Å². The zero-order valence-electron chi connectivity index (χ0n) is 11.8. The molecule has 1 saturated heterocycles. The Morgan fingerprint density at radius 1 is 1.30 bits per heavy atom. The van der Waals surface area contributed by atoms with Gasteiger partial charge in [0, 0.05) is 17.6 Å². The third kappa shape index (κ3) is 3.57. The number of anilines is 1. The van der Waals surface area contributed by atoms with Crippen LogP contribution in [0.25, 0.3) is 0 Å². The smallest absolute Gasteiger partial charge is 0.337 e. The van der Waals surface area contributed by atoms with Gasteiger partial charge in [-0.25, -0.2) is 4.79 Å². The van der Waals surface area contributed by atoms with Crippen LogP contribution >= 0.6 is 0 Å². The lowest BCUT2D eigenvalue weighted by Crippen LogP contribution is -2.40. The molecule has 2 atom stereocenters. The fraction of sp³-hybridized carbons (Fsp3) is 0.467. The standard InChI is InChI=1S/C15H20N2O3/c1-10-9-12(7-8-16-10)14(18)17-13-5-3-11(4-6-13)15(19)20-2/h3-6,10,12,16H,7-9H2,1-2H3,(H,17,18). The lowest BCUT2D eigenvalue weighted by molar-refractivity contribution is -0.120. The summed E-state index contributed by atoms with van der Waals surface area (Å²) in [6.07, 6.45) is 1.71. The van der Waals surface area contributed by atoms with Crippen molar-refractivity contribution in [3.63, 3.8) is 0 Å². The number of carbonyl (C=O) groups excluding carboxylic acids is 2. The molecule has 1 heterocycles. The van der Waals surface area contributed by atoms with Crippen LogP contribution in [0, 0.1) is 5.92 Å². The van der Waals surface area contributed by atoms with Crippen molar-refractivity contribution in [1.82, 2.24) is 5.32 Å². The Morgan fingerprint density at radius 3 is 2.60 bits per heavy atom. The maximum absolute atomic E-state index is 12.2. The first-order valence-electron chi connectivity index (χ1n) is 6.82. The minimum Gasteiger partial charge on any atom is -0.465 e. The van der Waals surface area contributed by atoms with E-state index in [-0.39, 0.29) is 17.8 Å². The number of esters is 1. The van der Waals surface area contributed by atoms with Crippen LogP contribution in [0.5, 0.6) is 0 Å². The maximum atomic E-state index is 12.2. The highest BCUT2D eigenvalue weighted by molar-refractivity contribution is 5.94. The van der Waals surface area contributed by atoms with Crippen LogP contribution in [0.2, 0.25) is 0 Å². The van der Waals surface area contributed by atoms with Gasteiger partial charge in [-0.2, -0.15) is 0 Å². The minimum absolute atomic E-state index is 0.0455. The molecule has 0 bridgehead atoms. The van der Waals surface area contributed by atoms with Gasteiger partial charge in [-0.05, 0) is 50.6 Å². The van der Waals surface area contributed by atoms with E-state index >= 15 is 0 Å². The molecule has 0 saturated carbocycles. The summed E-state index contributed by atoms with van der Waals surface area (Å²) < 4.78 is 4.63. The molecule has 1 aliphatic rings. The summed E-state index contributed by atoms with van der Waals surface area (Å²) in [7, 11) is 1.34. The lowest BCUT2D eigenvalue weighted by Gasteiger charge is -2.27. The van der Waals surface area contributed by atoms with E-state index in [4.69, 9.17) is 0 Å². The van der Waals surface area contributed by atoms with Crippen LogP contribution < -0.4 is 10.6 Å². The Morgan fingerprint density at radius 2 is 2.00 bits per heavy atom. The summed E-state index contributed by atoms with van der Waals surface area (Å²) in [5, 5.41) is 6.22. The molecule has 20 heavy (non-hydrogen) atoms. The van der Waals surface area contributed by atoms with Gasteiger partial charge in [0.2, 0.25) is 5.91 Å². The number of hydrogen-bond acceptors (Lipinski definition) is 4. The summed E-state index contributed by atoms with van der Waals surface area (Å²) in [4.78, 5) is 23.5. The van der Waals surface area contributed by atoms with Gasteiger partial charge in [-0.3, -0.25) is 4.79 Å². The van der Waals surface area contributed by atoms with Gasteiger partial charge in [-0.1, -0.05) is 0 Å². The van der Waals surface area contributed by atoms with Gasteiger partial charge in [0.15, 0.2) is 0 Å². The van der Waals surface area contributed by atoms with Crippen molar-refractivity contribution in [2.75, 3.05) is 19.0 Å². The fourth-order valence-corrected chi connectivity index (χ4v) is 2.42. The van der Waals surface area contributed by atoms with Crippen molar-refractivity contribution in [3.05, 3.63) is 29.8 Å². The average Bonchev–Trinajstić information content (AvgIpc) is 2.47. The first-order chi connectivity index (χ1) is 9.60. The molecule has 1 aliphatic heterocycles. The zero-order chi connectivity index (χ0) is 14.5. The molecule has 0 spiro atoms. The molecule has 2 unspecified atom stereocenters. The summed E-state index contributed by atoms with van der Waals surface area (Å²) >= 11 is 0. The number of hydrogen-bond donors (Lipinski definition) is 2. The van der Waals surface area contributed by atoms with Crippen LogP contribution in [0.1, 0.15) is 30.1 Å². The number of methoxy groups -OCH3 is 1. The Kier molecular flexibility index (Phi) is 4.74. The van der Waals surface area contributed by atoms with E-state index in [2.05, 4.69) is 22.3 Å². The molecule has 108 valence electrons. The van der Waals surface area contributed by atoms with Gasteiger partial charge < -0.3 is 15.4 Å². The fourth-order valence-electron chi connectivity index (χ4n) is 2.42. The second-order valence-corrected chi connectivity index (χ2v) is 5.13. The summed E-state index contributed by atoms with van der Waals surface area (Å²) in [5.41, 5.74) is 1.18. The average molecular weight is 276 g/mol. The number of benzene rings is 1. The third-order valence-corrected chi connectivity index (χ3v) is 3.57. The molecule has 2 N–H and O–H groups in total. The van der Waals surface area contributed by atoms with E-state index < -0.39 is 0 Å². The predicted molar refractivity (Wildman–Crippen MR) is 76.6 cm³/mol. The van der Waals surface area contributed by atoms with E-state index in [1.165, 1.54) is 7.11 Å². The molecule has 0 aliphatic carbocycles. The van der Waals surface area contributed by atoms with E-state index in [1.54, 1.807) is 24.3 Å². The Balaban J connectivity index is 1.95. The minimum atomic E-state index is -0.380. The van der Waals surface area contributed by atoms with E-state index in [0.717, 1.165) is 19.4 Å². The molecular weight excluding hydrogens is 256 g/mol. The maximum Gasteiger partial charge on any atom is 0.337 e. The van der Waals surface area contributed by atoms with Crippen LogP contribution in [-0.2, 0) is 9.53 Å². The van der Waals surface area contributed by atoms with Crippen molar-refractivity contribution in [3.8, 4) is 0 Å². The number of piperidine rings is 1. The first-order valence-corrected chi connectivity index (χ1v) is 6.82. The highest BCUT2D eigenvalue weighted by atomic mass is 16.5. The summed E-state index contributed by atoms with van der Waals surface area (Å²) in [6.45, 7) is 2.96. The number of rotatable bonds is 3. The van der Waals surface area contributed by atoms with Crippen molar-refractivity contribution >= 4 is 17.6 Å². The molecule has 1 fully saturated rings. The number of amides is 1. The molecule has 1 aromatic carbocycles. The monoisotopic (exact) mass is 276 g/mol. The second kappa shape index (κ2) is 6.52. The molecule has 1 aromatic rings. The van der Waals surface area contributed by atoms with E-state index in [9.17, 15) is 9.59 Å². The Bertz CT molecular complexity index is 484. The van der Waals surface area contributed by atoms with E-state index in [1.807, 2.05) is 0 Å². The van der Waals surface area contributed by atoms with Gasteiger partial charge in [0.05, 0.1) is 12.7 Å². The first kappa shape index (κ1) is 14.5. The zero-order valence-corrected chi connectivity index (χ0v) is 11.8. The van der Waals surface area contributed by atoms with Crippen LogP contribution in [-0.4, -0.2) is 31.6 Å². The molecule has 1 amide bonds. The van der Waals surface area contributed by atoms with Crippen LogP contribution in [0.15, 0.2) is 24.3 Å². The second-order valence-electron chi connectivity index (χ2n) is 5.13. The topological polar surface area (TPSA) is 67.4 Å². The SMILES string of the molecule is COC(=O)c1ccc(NC(=O)C2CCNC(C)C2)cc1. The molecule has 0 aromatic heterocycles. The van der Waals surface area contributed by atoms with Crippen molar-refractivity contribution < 1.29 is 14.3 Å². The van der Waals surface area contributed by atoms with Crippen molar-refractivity contribution in [2.24, 2.45) is 5.92 Å². The molecular formula is C15H20N2O3. The molecule has 5 nitrogen and oxygen atoms in total. The number of carbonyl (C=O) groups is 2. The van der Waals surface area contributed by atoms with Crippen molar-refractivity contribution in [2.45, 2.75) is 25.8 Å². The Labute approximate surface area is 118 Å². The normalized spacial score (nSPS) is 22.1. The van der Waals surface area contributed by atoms with Gasteiger partial charge in [-0.15, -0.1) is 0 Å². The highest BCUT2D eigenvalue weighted by Gasteiger charge is 2.24. The molecule has 0 radical (unpaired) electrons. The highest BCUT2D eigenvalue weighted by Crippen LogP contribution is 2.19. The number of ether oxygens (including phenoxy) is 1. The third-order valence-electron chi connectivity index (χ3n) is 3.57. The van der Waals surface area contributed by atoms with Crippen molar-refractivity contribution in [1.29, 1.82) is 0 Å². The number of nitrogens with one attached hydrogen (secondary N) is 2.